The van der Waals surface area contributed by atoms with Crippen molar-refractivity contribution in [3.8, 4) is 0 Å². The topological polar surface area (TPSA) is 67.4 Å². The molecular formula is C13H20N2O3S2. The van der Waals surface area contributed by atoms with E-state index in [0.29, 0.717) is 24.0 Å². The van der Waals surface area contributed by atoms with Crippen LogP contribution in [-0.4, -0.2) is 34.2 Å². The van der Waals surface area contributed by atoms with Crippen molar-refractivity contribution in [2.75, 3.05) is 13.7 Å². The number of nitrogens with one attached hydrogen (secondary N) is 2. The van der Waals surface area contributed by atoms with Crippen LogP contribution in [0.1, 0.15) is 24.1 Å². The minimum atomic E-state index is -3.43. The summed E-state index contributed by atoms with van der Waals surface area (Å²) >= 11 is 1.47. The average molecular weight is 316 g/mol. The van der Waals surface area contributed by atoms with E-state index in [1.807, 2.05) is 7.05 Å². The zero-order valence-electron chi connectivity index (χ0n) is 11.5. The fourth-order valence-electron chi connectivity index (χ4n) is 2.66. The Hall–Kier alpha value is -0.470. The summed E-state index contributed by atoms with van der Waals surface area (Å²) in [6, 6.07) is 1.67. The van der Waals surface area contributed by atoms with Crippen molar-refractivity contribution in [1.82, 2.24) is 10.0 Å². The average Bonchev–Trinajstić information content (AvgIpc) is 2.95. The molecule has 1 saturated heterocycles. The smallest absolute Gasteiger partial charge is 0.241 e. The third kappa shape index (κ3) is 3.07. The molecule has 0 aromatic carbocycles. The summed E-state index contributed by atoms with van der Waals surface area (Å²) < 4.78 is 33.3. The van der Waals surface area contributed by atoms with Crippen molar-refractivity contribution >= 4 is 21.4 Å². The van der Waals surface area contributed by atoms with E-state index in [2.05, 4.69) is 10.0 Å². The number of hydrogen-bond acceptors (Lipinski definition) is 5. The van der Waals surface area contributed by atoms with E-state index in [1.165, 1.54) is 11.3 Å². The van der Waals surface area contributed by atoms with Crippen LogP contribution in [0.5, 0.6) is 0 Å². The predicted octanol–water partition coefficient (Wildman–Crippen LogP) is 1.31. The summed E-state index contributed by atoms with van der Waals surface area (Å²) in [5, 5.41) is 4.73. The molecule has 0 amide bonds. The quantitative estimate of drug-likeness (QED) is 0.830. The van der Waals surface area contributed by atoms with Crippen LogP contribution >= 0.6 is 11.3 Å². The van der Waals surface area contributed by atoms with Gasteiger partial charge in [0.1, 0.15) is 0 Å². The Balaban J connectivity index is 1.70. The molecule has 1 aliphatic carbocycles. The minimum absolute atomic E-state index is 0.0693. The second-order valence-corrected chi connectivity index (χ2v) is 8.18. The molecule has 2 atom stereocenters. The van der Waals surface area contributed by atoms with Crippen molar-refractivity contribution < 1.29 is 13.2 Å². The molecule has 2 N–H and O–H groups in total. The number of rotatable bonds is 6. The number of sulfonamides is 1. The van der Waals surface area contributed by atoms with Crippen molar-refractivity contribution in [3.05, 3.63) is 16.3 Å². The van der Waals surface area contributed by atoms with Gasteiger partial charge in [-0.05, 0) is 38.3 Å². The lowest BCUT2D eigenvalue weighted by atomic mass is 10.1. The lowest BCUT2D eigenvalue weighted by Gasteiger charge is -2.19. The minimum Gasteiger partial charge on any atom is -0.376 e. The third-order valence-corrected chi connectivity index (χ3v) is 6.38. The van der Waals surface area contributed by atoms with Crippen LogP contribution < -0.4 is 10.0 Å². The van der Waals surface area contributed by atoms with Gasteiger partial charge in [-0.15, -0.1) is 11.3 Å². The molecule has 1 aliphatic heterocycles. The van der Waals surface area contributed by atoms with Gasteiger partial charge in [0.25, 0.3) is 0 Å². The second kappa shape index (κ2) is 5.73. The Morgan fingerprint density at radius 2 is 2.20 bits per heavy atom. The summed E-state index contributed by atoms with van der Waals surface area (Å²) in [5.41, 5.74) is 0. The van der Waals surface area contributed by atoms with Gasteiger partial charge in [0.15, 0.2) is 0 Å². The second-order valence-electron chi connectivity index (χ2n) is 5.47. The van der Waals surface area contributed by atoms with Gasteiger partial charge in [-0.2, -0.15) is 0 Å². The first-order valence-corrected chi connectivity index (χ1v) is 9.32. The molecule has 7 heteroatoms. The highest BCUT2D eigenvalue weighted by molar-refractivity contribution is 7.89. The Bertz CT molecular complexity index is 566. The summed E-state index contributed by atoms with van der Waals surface area (Å²) in [5.74, 6) is 0.549. The van der Waals surface area contributed by atoms with Crippen molar-refractivity contribution in [1.29, 1.82) is 0 Å². The zero-order valence-corrected chi connectivity index (χ0v) is 13.1. The first-order valence-electron chi connectivity index (χ1n) is 6.96. The molecule has 1 aromatic rings. The maximum atomic E-state index is 12.4. The monoisotopic (exact) mass is 316 g/mol. The molecule has 0 spiro atoms. The van der Waals surface area contributed by atoms with Crippen LogP contribution in [0.2, 0.25) is 0 Å². The van der Waals surface area contributed by atoms with Crippen LogP contribution in [0.4, 0.5) is 0 Å². The molecule has 2 unspecified atom stereocenters. The molecule has 0 bridgehead atoms. The summed E-state index contributed by atoms with van der Waals surface area (Å²) in [6.07, 6.45) is 3.16. The molecule has 2 heterocycles. The maximum Gasteiger partial charge on any atom is 0.241 e. The lowest BCUT2D eigenvalue weighted by Crippen LogP contribution is -2.41. The van der Waals surface area contributed by atoms with Gasteiger partial charge >= 0.3 is 0 Å². The predicted molar refractivity (Wildman–Crippen MR) is 78.3 cm³/mol. The highest BCUT2D eigenvalue weighted by Crippen LogP contribution is 2.39. The van der Waals surface area contributed by atoms with Gasteiger partial charge in [-0.25, -0.2) is 13.1 Å². The SMILES string of the molecule is CNCc1cc(S(=O)(=O)NC2CCOC2C2CC2)cs1. The van der Waals surface area contributed by atoms with E-state index in [1.54, 1.807) is 11.4 Å². The van der Waals surface area contributed by atoms with Crippen LogP contribution in [0.25, 0.3) is 0 Å². The van der Waals surface area contributed by atoms with Gasteiger partial charge in [0.2, 0.25) is 10.0 Å². The van der Waals surface area contributed by atoms with Gasteiger partial charge in [-0.3, -0.25) is 0 Å². The van der Waals surface area contributed by atoms with E-state index in [-0.39, 0.29) is 12.1 Å². The van der Waals surface area contributed by atoms with E-state index in [9.17, 15) is 8.42 Å². The van der Waals surface area contributed by atoms with Gasteiger partial charge in [0.05, 0.1) is 17.0 Å². The fourth-order valence-corrected chi connectivity index (χ4v) is 5.23. The molecular weight excluding hydrogens is 296 g/mol. The summed E-state index contributed by atoms with van der Waals surface area (Å²) in [4.78, 5) is 1.39. The van der Waals surface area contributed by atoms with E-state index >= 15 is 0 Å². The first-order chi connectivity index (χ1) is 9.60. The first kappa shape index (κ1) is 14.5. The fraction of sp³-hybridized carbons (Fsp3) is 0.692. The molecule has 20 heavy (non-hydrogen) atoms. The maximum absolute atomic E-state index is 12.4. The van der Waals surface area contributed by atoms with Crippen LogP contribution in [-0.2, 0) is 21.3 Å². The third-order valence-electron chi connectivity index (χ3n) is 3.82. The molecule has 112 valence electrons. The Kier molecular flexibility index (Phi) is 4.14. The Labute approximate surface area is 123 Å². The van der Waals surface area contributed by atoms with Crippen LogP contribution in [0.15, 0.2) is 16.3 Å². The highest BCUT2D eigenvalue weighted by Gasteiger charge is 2.42. The van der Waals surface area contributed by atoms with E-state index in [0.717, 1.165) is 24.1 Å². The normalized spacial score (nSPS) is 27.1. The van der Waals surface area contributed by atoms with Gasteiger partial charge in [0, 0.05) is 23.4 Å². The Morgan fingerprint density at radius 1 is 1.40 bits per heavy atom. The zero-order chi connectivity index (χ0) is 14.2. The molecule has 5 nitrogen and oxygen atoms in total. The molecule has 0 radical (unpaired) electrons. The highest BCUT2D eigenvalue weighted by atomic mass is 32.2. The number of ether oxygens (including phenoxy) is 1. The standard InChI is InChI=1S/C13H20N2O3S2/c1-14-7-10-6-11(8-19-10)20(16,17)15-12-4-5-18-13(12)9-2-3-9/h6,8-9,12-15H,2-5,7H2,1H3. The Morgan fingerprint density at radius 3 is 2.90 bits per heavy atom. The van der Waals surface area contributed by atoms with Crippen molar-refractivity contribution in [3.63, 3.8) is 0 Å². The van der Waals surface area contributed by atoms with Gasteiger partial charge in [-0.1, -0.05) is 0 Å². The van der Waals surface area contributed by atoms with Crippen LogP contribution in [0, 0.1) is 5.92 Å². The lowest BCUT2D eigenvalue weighted by molar-refractivity contribution is 0.0848. The summed E-state index contributed by atoms with van der Waals surface area (Å²) in [7, 11) is -1.58. The van der Waals surface area contributed by atoms with Gasteiger partial charge < -0.3 is 10.1 Å². The number of thiophene rings is 1. The molecule has 3 rings (SSSR count). The molecule has 1 aromatic heterocycles. The van der Waals surface area contributed by atoms with E-state index < -0.39 is 10.0 Å². The summed E-state index contributed by atoms with van der Waals surface area (Å²) in [6.45, 7) is 1.35. The van der Waals surface area contributed by atoms with Crippen LogP contribution in [0.3, 0.4) is 0 Å². The molecule has 1 saturated carbocycles. The van der Waals surface area contributed by atoms with Crippen molar-refractivity contribution in [2.45, 2.75) is 42.8 Å². The number of hydrogen-bond donors (Lipinski definition) is 2. The van der Waals surface area contributed by atoms with Crippen molar-refractivity contribution in [2.24, 2.45) is 5.92 Å². The van der Waals surface area contributed by atoms with E-state index in [4.69, 9.17) is 4.74 Å². The molecule has 2 fully saturated rings. The largest absolute Gasteiger partial charge is 0.376 e. The molecule has 2 aliphatic rings.